The molecule has 6 nitrogen and oxygen atoms in total. The Morgan fingerprint density at radius 2 is 1.40 bits per heavy atom. The second kappa shape index (κ2) is 10.8. The Morgan fingerprint density at radius 3 is 1.83 bits per heavy atom. The van der Waals surface area contributed by atoms with Crippen LogP contribution >= 0.6 is 0 Å². The monoisotopic (exact) mass is 414 g/mol. The smallest absolute Gasteiger partial charge is 0.330 e. The lowest BCUT2D eigenvalue weighted by Gasteiger charge is -2.26. The third-order valence-electron chi connectivity index (χ3n) is 4.67. The lowest BCUT2D eigenvalue weighted by molar-refractivity contribution is -0.141. The summed E-state index contributed by atoms with van der Waals surface area (Å²) in [5.74, 6) is 0.755. The van der Waals surface area contributed by atoms with E-state index >= 15 is 0 Å². The first-order valence-electron chi connectivity index (χ1n) is 9.84. The first-order chi connectivity index (χ1) is 14.2. The zero-order chi connectivity index (χ0) is 22.1. The van der Waals surface area contributed by atoms with E-state index in [9.17, 15) is 15.0 Å². The van der Waals surface area contributed by atoms with Crippen LogP contribution in [0.15, 0.2) is 61.2 Å². The van der Waals surface area contributed by atoms with Crippen LogP contribution in [0.3, 0.4) is 0 Å². The highest BCUT2D eigenvalue weighted by atomic mass is 16.5. The molecule has 30 heavy (non-hydrogen) atoms. The van der Waals surface area contributed by atoms with Gasteiger partial charge in [0.15, 0.2) is 0 Å². The van der Waals surface area contributed by atoms with Crippen LogP contribution in [0.25, 0.3) is 0 Å². The second-order valence-electron chi connectivity index (χ2n) is 7.63. The van der Waals surface area contributed by atoms with Crippen LogP contribution in [0, 0.1) is 0 Å². The average Bonchev–Trinajstić information content (AvgIpc) is 2.75. The molecule has 0 amide bonds. The molecular formula is C24H30O6. The van der Waals surface area contributed by atoms with E-state index in [4.69, 9.17) is 14.2 Å². The van der Waals surface area contributed by atoms with E-state index in [0.717, 1.165) is 23.0 Å². The minimum Gasteiger partial charge on any atom is -0.491 e. The zero-order valence-electron chi connectivity index (χ0n) is 17.7. The highest BCUT2D eigenvalue weighted by Gasteiger charge is 2.23. The quantitative estimate of drug-likeness (QED) is 0.434. The molecule has 6 heteroatoms. The molecule has 2 aromatic rings. The van der Waals surface area contributed by atoms with Gasteiger partial charge in [-0.25, -0.2) is 4.79 Å². The Labute approximate surface area is 177 Å². The van der Waals surface area contributed by atoms with E-state index < -0.39 is 18.2 Å². The van der Waals surface area contributed by atoms with Gasteiger partial charge in [-0.1, -0.05) is 44.7 Å². The molecule has 2 N–H and O–H groups in total. The van der Waals surface area contributed by atoms with Crippen LogP contribution in [0.2, 0.25) is 0 Å². The van der Waals surface area contributed by atoms with Gasteiger partial charge >= 0.3 is 5.97 Å². The van der Waals surface area contributed by atoms with Crippen LogP contribution in [0.4, 0.5) is 0 Å². The Bertz CT molecular complexity index is 809. The average molecular weight is 414 g/mol. The van der Waals surface area contributed by atoms with Gasteiger partial charge in [0, 0.05) is 11.5 Å². The van der Waals surface area contributed by atoms with Crippen molar-refractivity contribution in [3.8, 4) is 11.5 Å². The van der Waals surface area contributed by atoms with Gasteiger partial charge in [-0.15, -0.1) is 0 Å². The molecule has 2 unspecified atom stereocenters. The number of carbonyl (C=O) groups is 1. The zero-order valence-corrected chi connectivity index (χ0v) is 17.7. The van der Waals surface area contributed by atoms with E-state index in [0.29, 0.717) is 5.75 Å². The molecule has 0 saturated carbocycles. The molecule has 0 radical (unpaired) electrons. The third-order valence-corrected chi connectivity index (χ3v) is 4.67. The minimum absolute atomic E-state index is 0.0150. The fraction of sp³-hybridized carbons (Fsp3) is 0.375. The van der Waals surface area contributed by atoms with Crippen molar-refractivity contribution < 1.29 is 29.2 Å². The van der Waals surface area contributed by atoms with E-state index in [-0.39, 0.29) is 25.2 Å². The maximum absolute atomic E-state index is 11.0. The van der Waals surface area contributed by atoms with Gasteiger partial charge < -0.3 is 24.4 Å². The van der Waals surface area contributed by atoms with Crippen LogP contribution in [0.1, 0.15) is 31.9 Å². The normalized spacial score (nSPS) is 13.2. The lowest BCUT2D eigenvalue weighted by atomic mass is 9.78. The summed E-state index contributed by atoms with van der Waals surface area (Å²) in [6.45, 7) is 9.37. The highest BCUT2D eigenvalue weighted by molar-refractivity contribution is 5.81. The summed E-state index contributed by atoms with van der Waals surface area (Å²) in [7, 11) is 0. The molecule has 0 saturated heterocycles. The van der Waals surface area contributed by atoms with Crippen molar-refractivity contribution in [3.63, 3.8) is 0 Å². The number of esters is 1. The second-order valence-corrected chi connectivity index (χ2v) is 7.63. The molecule has 0 aliphatic heterocycles. The molecular weight excluding hydrogens is 384 g/mol. The summed E-state index contributed by atoms with van der Waals surface area (Å²) < 4.78 is 15.9. The predicted octanol–water partition coefficient (Wildman–Crippen LogP) is 3.24. The molecule has 0 aliphatic carbocycles. The summed E-state index contributed by atoms with van der Waals surface area (Å²) in [6, 6.07) is 15.5. The molecule has 2 aromatic carbocycles. The molecule has 0 aliphatic rings. The summed E-state index contributed by atoms with van der Waals surface area (Å²) in [4.78, 5) is 11.0. The fourth-order valence-electron chi connectivity index (χ4n) is 2.80. The van der Waals surface area contributed by atoms with E-state index in [1.807, 2.05) is 48.5 Å². The molecule has 0 spiro atoms. The van der Waals surface area contributed by atoms with Crippen molar-refractivity contribution >= 4 is 5.97 Å². The Balaban J connectivity index is 1.95. The van der Waals surface area contributed by atoms with Crippen LogP contribution in [0.5, 0.6) is 11.5 Å². The SMILES string of the molecule is C=CC(=O)OCC(O)COc1ccc(C(C)(C)c2ccc(OCC(C)O)cc2)cc1. The molecule has 2 rings (SSSR count). The molecule has 162 valence electrons. The van der Waals surface area contributed by atoms with Crippen molar-refractivity contribution in [2.24, 2.45) is 0 Å². The number of carbonyl (C=O) groups excluding carboxylic acids is 1. The molecule has 0 fully saturated rings. The predicted molar refractivity (Wildman–Crippen MR) is 115 cm³/mol. The van der Waals surface area contributed by atoms with Crippen LogP contribution in [-0.2, 0) is 14.9 Å². The number of aliphatic hydroxyl groups excluding tert-OH is 2. The number of hydrogen-bond acceptors (Lipinski definition) is 6. The number of ether oxygens (including phenoxy) is 3. The van der Waals surface area contributed by atoms with Crippen molar-refractivity contribution in [1.82, 2.24) is 0 Å². The number of aliphatic hydroxyl groups is 2. The Morgan fingerprint density at radius 1 is 0.933 bits per heavy atom. The Hall–Kier alpha value is -2.83. The number of hydrogen-bond donors (Lipinski definition) is 2. The van der Waals surface area contributed by atoms with Gasteiger partial charge in [-0.3, -0.25) is 0 Å². The van der Waals surface area contributed by atoms with E-state index in [1.54, 1.807) is 6.92 Å². The summed E-state index contributed by atoms with van der Waals surface area (Å²) in [5.41, 5.74) is 1.99. The van der Waals surface area contributed by atoms with Gasteiger partial charge in [-0.05, 0) is 42.3 Å². The standard InChI is InChI=1S/C24H30O6/c1-5-23(27)30-16-20(26)15-29-22-12-8-19(9-13-22)24(3,4)18-6-10-21(11-7-18)28-14-17(2)25/h5-13,17,20,25-26H,1,14-16H2,2-4H3. The van der Waals surface area contributed by atoms with Gasteiger partial charge in [0.25, 0.3) is 0 Å². The first-order valence-corrected chi connectivity index (χ1v) is 9.84. The summed E-state index contributed by atoms with van der Waals surface area (Å²) >= 11 is 0. The van der Waals surface area contributed by atoms with E-state index in [2.05, 4.69) is 20.4 Å². The maximum atomic E-state index is 11.0. The number of rotatable bonds is 11. The van der Waals surface area contributed by atoms with Crippen LogP contribution < -0.4 is 9.47 Å². The van der Waals surface area contributed by atoms with Crippen molar-refractivity contribution in [2.75, 3.05) is 19.8 Å². The molecule has 0 aromatic heterocycles. The van der Waals surface area contributed by atoms with Gasteiger partial charge in [0.05, 0.1) is 6.10 Å². The lowest BCUT2D eigenvalue weighted by Crippen LogP contribution is -2.24. The fourth-order valence-corrected chi connectivity index (χ4v) is 2.80. The maximum Gasteiger partial charge on any atom is 0.330 e. The summed E-state index contributed by atoms with van der Waals surface area (Å²) in [6.07, 6.45) is -0.380. The molecule has 0 heterocycles. The largest absolute Gasteiger partial charge is 0.491 e. The highest BCUT2D eigenvalue weighted by Crippen LogP contribution is 2.33. The van der Waals surface area contributed by atoms with Gasteiger partial charge in [0.1, 0.15) is 37.4 Å². The van der Waals surface area contributed by atoms with Gasteiger partial charge in [0.2, 0.25) is 0 Å². The Kier molecular flexibility index (Phi) is 8.45. The molecule has 0 bridgehead atoms. The van der Waals surface area contributed by atoms with E-state index in [1.165, 1.54) is 0 Å². The topological polar surface area (TPSA) is 85.2 Å². The third kappa shape index (κ3) is 6.90. The van der Waals surface area contributed by atoms with Crippen LogP contribution in [-0.4, -0.2) is 48.2 Å². The van der Waals surface area contributed by atoms with Crippen molar-refractivity contribution in [2.45, 2.75) is 38.4 Å². The van der Waals surface area contributed by atoms with Gasteiger partial charge in [-0.2, -0.15) is 0 Å². The first kappa shape index (κ1) is 23.4. The molecule has 2 atom stereocenters. The van der Waals surface area contributed by atoms with Crippen molar-refractivity contribution in [3.05, 3.63) is 72.3 Å². The minimum atomic E-state index is -0.917. The number of benzene rings is 2. The summed E-state index contributed by atoms with van der Waals surface area (Å²) in [5, 5.41) is 19.1. The van der Waals surface area contributed by atoms with Crippen molar-refractivity contribution in [1.29, 1.82) is 0 Å².